The van der Waals surface area contributed by atoms with E-state index in [0.717, 1.165) is 24.5 Å². The minimum atomic E-state index is -0.384. The molecule has 0 radical (unpaired) electrons. The summed E-state index contributed by atoms with van der Waals surface area (Å²) in [6.45, 7) is 2.99. The standard InChI is InChI=1S/C18H20N6O2/c1-12-10-23(17(25)14-9-19-18(26)20-14)11-16-22-21-15(24(12)16)8-7-13-5-3-2-4-6-13/h2-6,9,12H,7-8,10-11H2,1H3,(H2,19,20,26)/t12-/m0/s1. The van der Waals surface area contributed by atoms with E-state index in [2.05, 4.69) is 43.8 Å². The van der Waals surface area contributed by atoms with E-state index >= 15 is 0 Å². The van der Waals surface area contributed by atoms with Crippen LogP contribution in [0.15, 0.2) is 41.3 Å². The SMILES string of the molecule is C[C@H]1CN(C(=O)c2c[nH]c(=O)[nH]2)Cc2nnc(CCc3ccccc3)n21. The van der Waals surface area contributed by atoms with Gasteiger partial charge in [-0.3, -0.25) is 4.79 Å². The molecule has 134 valence electrons. The van der Waals surface area contributed by atoms with Crippen molar-refractivity contribution < 1.29 is 4.79 Å². The molecule has 8 nitrogen and oxygen atoms in total. The molecular formula is C18H20N6O2. The van der Waals surface area contributed by atoms with Crippen molar-refractivity contribution in [2.45, 2.75) is 32.4 Å². The molecule has 2 N–H and O–H groups in total. The Kier molecular flexibility index (Phi) is 4.16. The number of fused-ring (bicyclic) bond motifs is 1. The van der Waals surface area contributed by atoms with E-state index < -0.39 is 0 Å². The number of carbonyl (C=O) groups is 1. The molecule has 1 atom stereocenters. The lowest BCUT2D eigenvalue weighted by molar-refractivity contribution is 0.0674. The van der Waals surface area contributed by atoms with Crippen LogP contribution in [0.1, 0.15) is 40.7 Å². The van der Waals surface area contributed by atoms with E-state index in [1.807, 2.05) is 18.2 Å². The summed E-state index contributed by atoms with van der Waals surface area (Å²) in [5.41, 5.74) is 1.14. The topological polar surface area (TPSA) is 99.7 Å². The molecule has 1 aliphatic heterocycles. The minimum Gasteiger partial charge on any atom is -0.328 e. The summed E-state index contributed by atoms with van der Waals surface area (Å²) >= 11 is 0. The van der Waals surface area contributed by atoms with Crippen molar-refractivity contribution >= 4 is 5.91 Å². The predicted octanol–water partition coefficient (Wildman–Crippen LogP) is 1.30. The number of nitrogens with one attached hydrogen (secondary N) is 2. The maximum atomic E-state index is 12.6. The first kappa shape index (κ1) is 16.3. The number of imidazole rings is 1. The molecule has 0 spiro atoms. The van der Waals surface area contributed by atoms with Gasteiger partial charge in [-0.25, -0.2) is 4.79 Å². The van der Waals surface area contributed by atoms with Crippen molar-refractivity contribution in [2.24, 2.45) is 0 Å². The fraction of sp³-hybridized carbons (Fsp3) is 0.333. The number of aryl methyl sites for hydroxylation is 2. The number of carbonyl (C=O) groups excluding carboxylic acids is 1. The molecule has 3 heterocycles. The first-order valence-corrected chi connectivity index (χ1v) is 8.65. The summed E-state index contributed by atoms with van der Waals surface area (Å²) in [5, 5.41) is 8.64. The van der Waals surface area contributed by atoms with Crippen LogP contribution in [0.25, 0.3) is 0 Å². The Morgan fingerprint density at radius 2 is 2.04 bits per heavy atom. The summed E-state index contributed by atoms with van der Waals surface area (Å²) < 4.78 is 2.13. The summed E-state index contributed by atoms with van der Waals surface area (Å²) in [7, 11) is 0. The Morgan fingerprint density at radius 1 is 1.23 bits per heavy atom. The van der Waals surface area contributed by atoms with E-state index in [0.29, 0.717) is 13.1 Å². The van der Waals surface area contributed by atoms with Crippen molar-refractivity contribution in [3.8, 4) is 0 Å². The Bertz CT molecular complexity index is 971. The van der Waals surface area contributed by atoms with Gasteiger partial charge in [-0.05, 0) is 18.9 Å². The average molecular weight is 352 g/mol. The normalized spacial score (nSPS) is 16.5. The molecule has 0 saturated heterocycles. The summed E-state index contributed by atoms with van der Waals surface area (Å²) in [4.78, 5) is 30.5. The molecule has 3 aromatic rings. The molecule has 1 aromatic carbocycles. The second kappa shape index (κ2) is 6.62. The van der Waals surface area contributed by atoms with Gasteiger partial charge in [0.15, 0.2) is 5.82 Å². The minimum absolute atomic E-state index is 0.0779. The zero-order chi connectivity index (χ0) is 18.1. The Balaban J connectivity index is 1.50. The van der Waals surface area contributed by atoms with E-state index in [1.54, 1.807) is 4.90 Å². The second-order valence-electron chi connectivity index (χ2n) is 6.58. The molecule has 26 heavy (non-hydrogen) atoms. The molecule has 0 unspecified atom stereocenters. The van der Waals surface area contributed by atoms with Crippen LogP contribution in [0.3, 0.4) is 0 Å². The lowest BCUT2D eigenvalue weighted by Crippen LogP contribution is -2.41. The number of rotatable bonds is 4. The second-order valence-corrected chi connectivity index (χ2v) is 6.58. The number of amides is 1. The molecule has 4 rings (SSSR count). The fourth-order valence-electron chi connectivity index (χ4n) is 3.46. The summed E-state index contributed by atoms with van der Waals surface area (Å²) in [6.07, 6.45) is 3.11. The predicted molar refractivity (Wildman–Crippen MR) is 94.7 cm³/mol. The van der Waals surface area contributed by atoms with Crippen molar-refractivity contribution in [1.29, 1.82) is 0 Å². The number of nitrogens with zero attached hydrogens (tertiary/aromatic N) is 4. The van der Waals surface area contributed by atoms with Crippen LogP contribution in [-0.4, -0.2) is 42.1 Å². The molecule has 2 aromatic heterocycles. The Hall–Kier alpha value is -3.16. The van der Waals surface area contributed by atoms with Crippen LogP contribution in [0.2, 0.25) is 0 Å². The lowest BCUT2D eigenvalue weighted by atomic mass is 10.1. The Labute approximate surface area is 149 Å². The molecule has 0 saturated carbocycles. The zero-order valence-electron chi connectivity index (χ0n) is 14.5. The number of aromatic amines is 2. The van der Waals surface area contributed by atoms with Gasteiger partial charge in [0.05, 0.1) is 12.6 Å². The van der Waals surface area contributed by atoms with Gasteiger partial charge >= 0.3 is 5.69 Å². The first-order valence-electron chi connectivity index (χ1n) is 8.65. The number of H-pyrrole nitrogens is 2. The molecule has 0 fully saturated rings. The smallest absolute Gasteiger partial charge is 0.323 e. The van der Waals surface area contributed by atoms with Crippen LogP contribution in [-0.2, 0) is 19.4 Å². The number of aromatic nitrogens is 5. The van der Waals surface area contributed by atoms with Gasteiger partial charge in [-0.15, -0.1) is 10.2 Å². The monoisotopic (exact) mass is 352 g/mol. The van der Waals surface area contributed by atoms with Gasteiger partial charge in [0.2, 0.25) is 0 Å². The third kappa shape index (κ3) is 3.05. The highest BCUT2D eigenvalue weighted by Crippen LogP contribution is 2.23. The number of hydrogen-bond acceptors (Lipinski definition) is 4. The van der Waals surface area contributed by atoms with Gasteiger partial charge < -0.3 is 19.4 Å². The van der Waals surface area contributed by atoms with Crippen molar-refractivity contribution in [2.75, 3.05) is 6.54 Å². The van der Waals surface area contributed by atoms with Crippen LogP contribution in [0.5, 0.6) is 0 Å². The molecule has 8 heteroatoms. The van der Waals surface area contributed by atoms with Gasteiger partial charge in [0, 0.05) is 19.2 Å². The lowest BCUT2D eigenvalue weighted by Gasteiger charge is -2.32. The van der Waals surface area contributed by atoms with Gasteiger partial charge in [-0.1, -0.05) is 30.3 Å². The maximum Gasteiger partial charge on any atom is 0.323 e. The van der Waals surface area contributed by atoms with Crippen molar-refractivity contribution in [3.63, 3.8) is 0 Å². The molecular weight excluding hydrogens is 332 g/mol. The highest BCUT2D eigenvalue weighted by molar-refractivity contribution is 5.92. The highest BCUT2D eigenvalue weighted by atomic mass is 16.2. The Morgan fingerprint density at radius 3 is 2.77 bits per heavy atom. The van der Waals surface area contributed by atoms with Crippen LogP contribution >= 0.6 is 0 Å². The van der Waals surface area contributed by atoms with E-state index in [1.165, 1.54) is 11.8 Å². The average Bonchev–Trinajstić information content (AvgIpc) is 3.26. The zero-order valence-corrected chi connectivity index (χ0v) is 14.5. The third-order valence-corrected chi connectivity index (χ3v) is 4.69. The largest absolute Gasteiger partial charge is 0.328 e. The number of hydrogen-bond donors (Lipinski definition) is 2. The first-order chi connectivity index (χ1) is 12.6. The molecule has 1 amide bonds. The van der Waals surface area contributed by atoms with Gasteiger partial charge in [0.1, 0.15) is 11.5 Å². The van der Waals surface area contributed by atoms with Gasteiger partial charge in [-0.2, -0.15) is 0 Å². The van der Waals surface area contributed by atoms with E-state index in [9.17, 15) is 9.59 Å². The maximum absolute atomic E-state index is 12.6. The highest BCUT2D eigenvalue weighted by Gasteiger charge is 2.30. The quantitative estimate of drug-likeness (QED) is 0.739. The fourth-order valence-corrected chi connectivity index (χ4v) is 3.46. The summed E-state index contributed by atoms with van der Waals surface area (Å²) in [6, 6.07) is 10.4. The summed E-state index contributed by atoms with van der Waals surface area (Å²) in [5.74, 6) is 1.51. The van der Waals surface area contributed by atoms with Crippen molar-refractivity contribution in [1.82, 2.24) is 29.6 Å². The van der Waals surface area contributed by atoms with E-state index in [4.69, 9.17) is 0 Å². The van der Waals surface area contributed by atoms with Crippen LogP contribution < -0.4 is 5.69 Å². The molecule has 1 aliphatic rings. The number of benzene rings is 1. The molecule has 0 aliphatic carbocycles. The van der Waals surface area contributed by atoms with Gasteiger partial charge in [0.25, 0.3) is 5.91 Å². The third-order valence-electron chi connectivity index (χ3n) is 4.69. The van der Waals surface area contributed by atoms with Crippen molar-refractivity contribution in [3.05, 3.63) is 69.9 Å². The van der Waals surface area contributed by atoms with E-state index in [-0.39, 0.29) is 23.3 Å². The molecule has 0 bridgehead atoms. The van der Waals surface area contributed by atoms with Crippen LogP contribution in [0, 0.1) is 0 Å². The van der Waals surface area contributed by atoms with Crippen LogP contribution in [0.4, 0.5) is 0 Å².